The van der Waals surface area contributed by atoms with Crippen LogP contribution in [-0.2, 0) is 4.79 Å². The minimum absolute atomic E-state index is 0.150. The van der Waals surface area contributed by atoms with Gasteiger partial charge in [0.25, 0.3) is 0 Å². The van der Waals surface area contributed by atoms with Gasteiger partial charge in [0.05, 0.1) is 16.3 Å². The Labute approximate surface area is 149 Å². The molecular formula is C17H18N6OS. The number of aryl methyl sites for hydroxylation is 2. The minimum atomic E-state index is -0.150. The van der Waals surface area contributed by atoms with Gasteiger partial charge in [-0.25, -0.2) is 15.0 Å². The molecule has 25 heavy (non-hydrogen) atoms. The highest BCUT2D eigenvalue weighted by Gasteiger charge is 2.13. The zero-order chi connectivity index (χ0) is 18.0. The van der Waals surface area contributed by atoms with Crippen molar-refractivity contribution in [3.8, 4) is 10.6 Å². The van der Waals surface area contributed by atoms with E-state index in [1.54, 1.807) is 6.20 Å². The predicted molar refractivity (Wildman–Crippen MR) is 101 cm³/mol. The van der Waals surface area contributed by atoms with Crippen molar-refractivity contribution >= 4 is 39.7 Å². The third-order valence-corrected chi connectivity index (χ3v) is 4.57. The highest BCUT2D eigenvalue weighted by molar-refractivity contribution is 7.19. The maximum atomic E-state index is 11.2. The van der Waals surface area contributed by atoms with Gasteiger partial charge in [0.1, 0.15) is 0 Å². The third-order valence-electron chi connectivity index (χ3n) is 3.48. The Bertz CT molecular complexity index is 937. The Morgan fingerprint density at radius 2 is 2.00 bits per heavy atom. The van der Waals surface area contributed by atoms with Crippen molar-refractivity contribution in [2.45, 2.75) is 20.8 Å². The normalized spacial score (nSPS) is 10.5. The van der Waals surface area contributed by atoms with Crippen LogP contribution in [-0.4, -0.2) is 20.9 Å². The van der Waals surface area contributed by atoms with E-state index >= 15 is 0 Å². The average Bonchev–Trinajstić information content (AvgIpc) is 2.91. The van der Waals surface area contributed by atoms with Gasteiger partial charge in [0.15, 0.2) is 5.13 Å². The van der Waals surface area contributed by atoms with Crippen LogP contribution in [0.1, 0.15) is 18.2 Å². The summed E-state index contributed by atoms with van der Waals surface area (Å²) in [6.07, 6.45) is 1.68. The second-order valence-corrected chi connectivity index (χ2v) is 6.58. The van der Waals surface area contributed by atoms with Crippen molar-refractivity contribution in [1.29, 1.82) is 0 Å². The summed E-state index contributed by atoms with van der Waals surface area (Å²) in [5.41, 5.74) is 9.96. The lowest BCUT2D eigenvalue weighted by Crippen LogP contribution is -2.04. The van der Waals surface area contributed by atoms with E-state index in [2.05, 4.69) is 25.6 Å². The highest BCUT2D eigenvalue weighted by Crippen LogP contribution is 2.32. The van der Waals surface area contributed by atoms with Gasteiger partial charge in [-0.3, -0.25) is 4.79 Å². The zero-order valence-electron chi connectivity index (χ0n) is 14.1. The number of nitrogens with two attached hydrogens (primary N) is 1. The molecule has 1 amide bonds. The molecule has 0 spiro atoms. The summed E-state index contributed by atoms with van der Waals surface area (Å²) in [5, 5.41) is 6.45. The van der Waals surface area contributed by atoms with Crippen molar-refractivity contribution < 1.29 is 4.79 Å². The second-order valence-electron chi connectivity index (χ2n) is 5.58. The molecule has 0 aliphatic rings. The van der Waals surface area contributed by atoms with Gasteiger partial charge in [-0.1, -0.05) is 17.4 Å². The lowest BCUT2D eigenvalue weighted by molar-refractivity contribution is -0.114. The summed E-state index contributed by atoms with van der Waals surface area (Å²) in [4.78, 5) is 25.3. The van der Waals surface area contributed by atoms with Crippen molar-refractivity contribution in [1.82, 2.24) is 15.0 Å². The molecule has 0 bridgehead atoms. The van der Waals surface area contributed by atoms with E-state index in [0.29, 0.717) is 16.8 Å². The molecule has 3 aromatic rings. The molecule has 0 fully saturated rings. The van der Waals surface area contributed by atoms with E-state index < -0.39 is 0 Å². The molecule has 0 saturated carbocycles. The van der Waals surface area contributed by atoms with E-state index in [1.807, 2.05) is 38.1 Å². The van der Waals surface area contributed by atoms with Crippen molar-refractivity contribution in [3.63, 3.8) is 0 Å². The van der Waals surface area contributed by atoms with Crippen LogP contribution in [0.5, 0.6) is 0 Å². The number of hydrogen-bond donors (Lipinski definition) is 3. The number of nitrogens with one attached hydrogen (secondary N) is 2. The van der Waals surface area contributed by atoms with Crippen molar-refractivity contribution in [2.24, 2.45) is 0 Å². The van der Waals surface area contributed by atoms with Crippen LogP contribution < -0.4 is 16.4 Å². The van der Waals surface area contributed by atoms with Crippen LogP contribution in [0.25, 0.3) is 10.6 Å². The van der Waals surface area contributed by atoms with E-state index in [1.165, 1.54) is 18.3 Å². The fourth-order valence-electron chi connectivity index (χ4n) is 2.28. The van der Waals surface area contributed by atoms with Crippen LogP contribution in [0, 0.1) is 13.8 Å². The fraction of sp³-hybridized carbons (Fsp3) is 0.176. The van der Waals surface area contributed by atoms with Crippen LogP contribution in [0.2, 0.25) is 0 Å². The van der Waals surface area contributed by atoms with Crippen LogP contribution >= 0.6 is 11.3 Å². The smallest absolute Gasteiger partial charge is 0.227 e. The third kappa shape index (κ3) is 3.92. The lowest BCUT2D eigenvalue weighted by atomic mass is 10.2. The summed E-state index contributed by atoms with van der Waals surface area (Å²) in [7, 11) is 0. The largest absolute Gasteiger partial charge is 0.399 e. The molecule has 7 nitrogen and oxygen atoms in total. The topological polar surface area (TPSA) is 106 Å². The maximum absolute atomic E-state index is 11.2. The molecule has 0 atom stereocenters. The first-order chi connectivity index (χ1) is 11.9. The van der Waals surface area contributed by atoms with Crippen LogP contribution in [0.4, 0.5) is 22.5 Å². The molecule has 0 aliphatic carbocycles. The van der Waals surface area contributed by atoms with Crippen LogP contribution in [0.15, 0.2) is 30.5 Å². The number of anilines is 4. The molecule has 4 N–H and O–H groups in total. The summed E-state index contributed by atoms with van der Waals surface area (Å²) in [5.74, 6) is 0.322. The summed E-state index contributed by atoms with van der Waals surface area (Å²) in [6.45, 7) is 5.32. The van der Waals surface area contributed by atoms with E-state index in [0.717, 1.165) is 27.5 Å². The molecule has 0 saturated heterocycles. The van der Waals surface area contributed by atoms with Gasteiger partial charge in [-0.05, 0) is 37.6 Å². The van der Waals surface area contributed by atoms with Crippen molar-refractivity contribution in [3.05, 3.63) is 41.7 Å². The molecular weight excluding hydrogens is 336 g/mol. The molecule has 1 aromatic carbocycles. The number of carbonyl (C=O) groups is 1. The molecule has 3 rings (SSSR count). The Morgan fingerprint density at radius 3 is 2.76 bits per heavy atom. The second kappa shape index (κ2) is 6.86. The highest BCUT2D eigenvalue weighted by atomic mass is 32.1. The molecule has 2 aromatic heterocycles. The quantitative estimate of drug-likeness (QED) is 0.619. The Kier molecular flexibility index (Phi) is 4.62. The van der Waals surface area contributed by atoms with Gasteiger partial charge in [0.2, 0.25) is 11.9 Å². The molecule has 0 unspecified atom stereocenters. The molecule has 2 heterocycles. The van der Waals surface area contributed by atoms with E-state index in [-0.39, 0.29) is 5.91 Å². The first-order valence-electron chi connectivity index (χ1n) is 7.64. The minimum Gasteiger partial charge on any atom is -0.399 e. The predicted octanol–water partition coefficient (Wildman–Crippen LogP) is 3.50. The number of nitrogens with zero attached hydrogens (tertiary/aromatic N) is 3. The zero-order valence-corrected chi connectivity index (χ0v) is 14.9. The van der Waals surface area contributed by atoms with E-state index in [9.17, 15) is 4.79 Å². The van der Waals surface area contributed by atoms with Gasteiger partial charge in [-0.15, -0.1) is 0 Å². The Hall–Kier alpha value is -3.00. The number of thiazole rings is 1. The molecule has 0 aliphatic heterocycles. The maximum Gasteiger partial charge on any atom is 0.227 e. The fourth-order valence-corrected chi connectivity index (χ4v) is 3.26. The lowest BCUT2D eigenvalue weighted by Gasteiger charge is -2.09. The number of carbonyl (C=O) groups excluding carboxylic acids is 1. The van der Waals surface area contributed by atoms with E-state index in [4.69, 9.17) is 5.73 Å². The molecule has 128 valence electrons. The van der Waals surface area contributed by atoms with Gasteiger partial charge < -0.3 is 16.4 Å². The first kappa shape index (κ1) is 16.8. The first-order valence-corrected chi connectivity index (χ1v) is 8.45. The number of hydrogen-bond acceptors (Lipinski definition) is 7. The Balaban J connectivity index is 1.90. The van der Waals surface area contributed by atoms with Gasteiger partial charge in [0, 0.05) is 24.5 Å². The average molecular weight is 354 g/mol. The van der Waals surface area contributed by atoms with Crippen LogP contribution in [0.3, 0.4) is 0 Å². The molecule has 8 heteroatoms. The Morgan fingerprint density at radius 1 is 1.20 bits per heavy atom. The number of benzene rings is 1. The van der Waals surface area contributed by atoms with Gasteiger partial charge >= 0.3 is 0 Å². The number of amides is 1. The van der Waals surface area contributed by atoms with Gasteiger partial charge in [-0.2, -0.15) is 0 Å². The number of nitrogen functional groups attached to an aromatic ring is 1. The number of rotatable bonds is 4. The summed E-state index contributed by atoms with van der Waals surface area (Å²) in [6, 6.07) is 7.45. The monoisotopic (exact) mass is 354 g/mol. The number of aromatic nitrogens is 3. The summed E-state index contributed by atoms with van der Waals surface area (Å²) >= 11 is 1.38. The standard InChI is InChI=1S/C17H18N6OS/c1-9-4-5-12(18)8-14(9)23-16-19-7-6-13(22-16)15-10(2)20-17(25-15)21-11(3)24/h4-8H,18H2,1-3H3,(H,19,22,23)(H,20,21,24). The SMILES string of the molecule is CC(=O)Nc1nc(C)c(-c2ccnc(Nc3cc(N)ccc3C)n2)s1. The molecule has 0 radical (unpaired) electrons. The summed E-state index contributed by atoms with van der Waals surface area (Å²) < 4.78 is 0. The van der Waals surface area contributed by atoms with Crippen molar-refractivity contribution in [2.75, 3.05) is 16.4 Å².